The number of carbonyl (C=O) groups excluding carboxylic acids is 1. The molecule has 1 amide bonds. The van der Waals surface area contributed by atoms with E-state index in [2.05, 4.69) is 9.97 Å². The number of hydrogen-bond donors (Lipinski definition) is 1. The van der Waals surface area contributed by atoms with Crippen LogP contribution in [0.2, 0.25) is 0 Å². The van der Waals surface area contributed by atoms with Crippen LogP contribution >= 0.6 is 22.6 Å². The van der Waals surface area contributed by atoms with Crippen molar-refractivity contribution in [3.05, 3.63) is 15.6 Å². The highest BCUT2D eigenvalue weighted by Gasteiger charge is 2.31. The number of rotatable bonds is 3. The summed E-state index contributed by atoms with van der Waals surface area (Å²) in [5.74, 6) is -0.919. The van der Waals surface area contributed by atoms with Crippen LogP contribution in [0.3, 0.4) is 0 Å². The van der Waals surface area contributed by atoms with Crippen molar-refractivity contribution in [3.63, 3.8) is 0 Å². The van der Waals surface area contributed by atoms with E-state index in [0.29, 0.717) is 23.1 Å². The second kappa shape index (κ2) is 6.85. The molecular weight excluding hydrogens is 417 g/mol. The summed E-state index contributed by atoms with van der Waals surface area (Å²) >= 11 is 1.84. The summed E-state index contributed by atoms with van der Waals surface area (Å²) in [5, 5.41) is 9.05. The second-order valence-corrected chi connectivity index (χ2v) is 7.18. The molecule has 0 aromatic carbocycles. The van der Waals surface area contributed by atoms with Gasteiger partial charge in [-0.15, -0.1) is 0 Å². The van der Waals surface area contributed by atoms with Gasteiger partial charge < -0.3 is 19.5 Å². The Morgan fingerprint density at radius 3 is 2.70 bits per heavy atom. The SMILES string of the molecule is CC(C)(C)OC(=O)N1CC[C@@H](Oc2ncnc(C(=O)O)c2I)C1. The number of aromatic carboxylic acids is 1. The molecule has 23 heavy (non-hydrogen) atoms. The van der Waals surface area contributed by atoms with Gasteiger partial charge >= 0.3 is 12.1 Å². The molecule has 0 radical (unpaired) electrons. The number of amides is 1. The van der Waals surface area contributed by atoms with E-state index in [0.717, 1.165) is 6.33 Å². The van der Waals surface area contributed by atoms with Gasteiger partial charge in [0.25, 0.3) is 0 Å². The third kappa shape index (κ3) is 4.66. The summed E-state index contributed by atoms with van der Waals surface area (Å²) in [7, 11) is 0. The monoisotopic (exact) mass is 435 g/mol. The number of hydrogen-bond acceptors (Lipinski definition) is 6. The largest absolute Gasteiger partial charge is 0.476 e. The zero-order valence-electron chi connectivity index (χ0n) is 13.1. The van der Waals surface area contributed by atoms with E-state index in [1.54, 1.807) is 4.90 Å². The van der Waals surface area contributed by atoms with Crippen molar-refractivity contribution in [2.24, 2.45) is 0 Å². The number of likely N-dealkylation sites (tertiary alicyclic amines) is 1. The summed E-state index contributed by atoms with van der Waals surface area (Å²) in [6.07, 6.45) is 1.14. The smallest absolute Gasteiger partial charge is 0.410 e. The van der Waals surface area contributed by atoms with E-state index >= 15 is 0 Å². The molecule has 1 N–H and O–H groups in total. The quantitative estimate of drug-likeness (QED) is 0.727. The minimum atomic E-state index is -1.14. The van der Waals surface area contributed by atoms with Gasteiger partial charge in [0.15, 0.2) is 5.69 Å². The van der Waals surface area contributed by atoms with Gasteiger partial charge in [-0.25, -0.2) is 19.6 Å². The van der Waals surface area contributed by atoms with E-state index in [1.165, 1.54) is 0 Å². The molecule has 1 saturated heterocycles. The summed E-state index contributed by atoms with van der Waals surface area (Å²) in [5.41, 5.74) is -0.647. The van der Waals surface area contributed by atoms with Gasteiger partial charge in [-0.3, -0.25) is 0 Å². The number of halogens is 1. The maximum atomic E-state index is 12.0. The van der Waals surface area contributed by atoms with E-state index in [-0.39, 0.29) is 23.8 Å². The standard InChI is InChI=1S/C14H18IN3O5/c1-14(2,3)23-13(21)18-5-4-8(6-18)22-11-9(15)10(12(19)20)16-7-17-11/h7-8H,4-6H2,1-3H3,(H,19,20)/t8-/m1/s1. The van der Waals surface area contributed by atoms with Gasteiger partial charge in [-0.1, -0.05) is 0 Å². The number of ether oxygens (including phenoxy) is 2. The molecule has 1 atom stereocenters. The van der Waals surface area contributed by atoms with Crippen molar-refractivity contribution in [2.75, 3.05) is 13.1 Å². The highest BCUT2D eigenvalue weighted by Crippen LogP contribution is 2.24. The summed E-state index contributed by atoms with van der Waals surface area (Å²) in [6.45, 7) is 6.33. The maximum Gasteiger partial charge on any atom is 0.410 e. The predicted molar refractivity (Wildman–Crippen MR) is 88.5 cm³/mol. The molecule has 1 aromatic rings. The molecule has 9 heteroatoms. The Morgan fingerprint density at radius 2 is 2.09 bits per heavy atom. The Kier molecular flexibility index (Phi) is 5.27. The highest BCUT2D eigenvalue weighted by molar-refractivity contribution is 14.1. The van der Waals surface area contributed by atoms with Gasteiger partial charge in [-0.05, 0) is 43.4 Å². The Hall–Kier alpha value is -1.65. The van der Waals surface area contributed by atoms with Crippen molar-refractivity contribution in [1.82, 2.24) is 14.9 Å². The average Bonchev–Trinajstić information content (AvgIpc) is 2.87. The van der Waals surface area contributed by atoms with Crippen LogP contribution in [0.5, 0.6) is 5.88 Å². The van der Waals surface area contributed by atoms with Crippen LogP contribution in [0.4, 0.5) is 4.79 Å². The van der Waals surface area contributed by atoms with Gasteiger partial charge in [0.2, 0.25) is 5.88 Å². The minimum absolute atomic E-state index is 0.0994. The van der Waals surface area contributed by atoms with Crippen molar-refractivity contribution >= 4 is 34.7 Å². The molecule has 126 valence electrons. The molecule has 2 rings (SSSR count). The number of carboxylic acid groups (broad SMARTS) is 1. The van der Waals surface area contributed by atoms with Gasteiger partial charge in [0.1, 0.15) is 21.6 Å². The fourth-order valence-corrected chi connectivity index (χ4v) is 2.70. The van der Waals surface area contributed by atoms with E-state index < -0.39 is 11.6 Å². The Balaban J connectivity index is 2.00. The maximum absolute atomic E-state index is 12.0. The lowest BCUT2D eigenvalue weighted by atomic mass is 10.2. The summed E-state index contributed by atoms with van der Waals surface area (Å²) < 4.78 is 11.4. The molecule has 1 aromatic heterocycles. The topological polar surface area (TPSA) is 102 Å². The van der Waals surface area contributed by atoms with Crippen LogP contribution < -0.4 is 4.74 Å². The molecular formula is C14H18IN3O5. The predicted octanol–water partition coefficient (Wildman–Crippen LogP) is 2.17. The third-order valence-corrected chi connectivity index (χ3v) is 4.01. The van der Waals surface area contributed by atoms with Crippen LogP contribution in [0, 0.1) is 3.57 Å². The Labute approximate surface area is 147 Å². The number of carbonyl (C=O) groups is 2. The third-order valence-electron chi connectivity index (χ3n) is 3.04. The van der Waals surface area contributed by atoms with E-state index in [1.807, 2.05) is 43.4 Å². The first-order valence-corrected chi connectivity index (χ1v) is 8.13. The first-order chi connectivity index (χ1) is 10.7. The summed E-state index contributed by atoms with van der Waals surface area (Å²) in [6, 6.07) is 0. The van der Waals surface area contributed by atoms with Gasteiger partial charge in [0, 0.05) is 13.0 Å². The van der Waals surface area contributed by atoms with Crippen molar-refractivity contribution < 1.29 is 24.2 Å². The molecule has 0 unspecified atom stereocenters. The van der Waals surface area contributed by atoms with Crippen molar-refractivity contribution in [3.8, 4) is 5.88 Å². The molecule has 0 spiro atoms. The average molecular weight is 435 g/mol. The lowest BCUT2D eigenvalue weighted by Crippen LogP contribution is -2.36. The number of aromatic nitrogens is 2. The minimum Gasteiger partial charge on any atom is -0.476 e. The van der Waals surface area contributed by atoms with Crippen molar-refractivity contribution in [1.29, 1.82) is 0 Å². The molecule has 0 bridgehead atoms. The van der Waals surface area contributed by atoms with Crippen LogP contribution in [0.1, 0.15) is 37.7 Å². The highest BCUT2D eigenvalue weighted by atomic mass is 127. The number of carboxylic acids is 1. The molecule has 1 aliphatic rings. The Bertz CT molecular complexity index is 617. The molecule has 8 nitrogen and oxygen atoms in total. The van der Waals surface area contributed by atoms with E-state index in [4.69, 9.17) is 14.6 Å². The molecule has 2 heterocycles. The van der Waals surface area contributed by atoms with Crippen LogP contribution in [0.25, 0.3) is 0 Å². The van der Waals surface area contributed by atoms with Crippen LogP contribution in [-0.2, 0) is 4.74 Å². The fourth-order valence-electron chi connectivity index (χ4n) is 2.06. The van der Waals surface area contributed by atoms with Gasteiger partial charge in [-0.2, -0.15) is 0 Å². The molecule has 0 aliphatic carbocycles. The van der Waals surface area contributed by atoms with Crippen LogP contribution in [0.15, 0.2) is 6.33 Å². The molecule has 0 saturated carbocycles. The van der Waals surface area contributed by atoms with Gasteiger partial charge in [0.05, 0.1) is 6.54 Å². The lowest BCUT2D eigenvalue weighted by Gasteiger charge is -2.24. The zero-order chi connectivity index (χ0) is 17.2. The zero-order valence-corrected chi connectivity index (χ0v) is 15.2. The molecule has 1 aliphatic heterocycles. The Morgan fingerprint density at radius 1 is 1.39 bits per heavy atom. The van der Waals surface area contributed by atoms with E-state index in [9.17, 15) is 9.59 Å². The fraction of sp³-hybridized carbons (Fsp3) is 0.571. The number of nitrogens with zero attached hydrogens (tertiary/aromatic N) is 3. The van der Waals surface area contributed by atoms with Crippen LogP contribution in [-0.4, -0.2) is 56.8 Å². The first kappa shape index (κ1) is 17.7. The van der Waals surface area contributed by atoms with Crippen molar-refractivity contribution in [2.45, 2.75) is 38.9 Å². The summed E-state index contributed by atoms with van der Waals surface area (Å²) in [4.78, 5) is 32.3. The second-order valence-electron chi connectivity index (χ2n) is 6.10. The molecule has 1 fully saturated rings. The first-order valence-electron chi connectivity index (χ1n) is 7.06. The normalized spacial score (nSPS) is 17.9. The lowest BCUT2D eigenvalue weighted by molar-refractivity contribution is 0.0274.